The second-order valence-electron chi connectivity index (χ2n) is 8.77. The largest absolute Gasteiger partial charge is 0.155 e. The predicted molar refractivity (Wildman–Crippen MR) is 107 cm³/mol. The van der Waals surface area contributed by atoms with Gasteiger partial charge in [0.25, 0.3) is 0 Å². The first kappa shape index (κ1) is 19.7. The Labute approximate surface area is 151 Å². The molecule has 1 aliphatic heterocycles. The van der Waals surface area contributed by atoms with E-state index < -0.39 is 0 Å². The number of unbranched alkanes of at least 4 members (excludes halogenated alkanes) is 1. The van der Waals surface area contributed by atoms with Gasteiger partial charge in [0.1, 0.15) is 0 Å². The van der Waals surface area contributed by atoms with Crippen molar-refractivity contribution in [1.82, 2.24) is 0 Å². The Morgan fingerprint density at radius 2 is 1.61 bits per heavy atom. The van der Waals surface area contributed by atoms with E-state index in [-0.39, 0.29) is 0 Å². The van der Waals surface area contributed by atoms with Gasteiger partial charge >= 0.3 is 0 Å². The van der Waals surface area contributed by atoms with Gasteiger partial charge < -0.3 is 0 Å². The van der Waals surface area contributed by atoms with Crippen LogP contribution in [0.4, 0.5) is 0 Å². The lowest BCUT2D eigenvalue weighted by Crippen LogP contribution is -2.36. The van der Waals surface area contributed by atoms with Gasteiger partial charge in [0.15, 0.2) is 0 Å². The molecule has 2 rings (SSSR count). The van der Waals surface area contributed by atoms with E-state index in [0.717, 1.165) is 40.1 Å². The van der Waals surface area contributed by atoms with E-state index in [1.54, 1.807) is 12.8 Å². The lowest BCUT2D eigenvalue weighted by atomic mass is 9.61. The van der Waals surface area contributed by atoms with Gasteiger partial charge in [0.05, 0.1) is 0 Å². The maximum absolute atomic E-state index is 2.55. The lowest BCUT2D eigenvalue weighted by molar-refractivity contribution is 0.0532. The summed E-state index contributed by atoms with van der Waals surface area (Å²) in [5, 5.41) is 1.84. The first-order valence-corrected chi connectivity index (χ1v) is 11.7. The molecule has 23 heavy (non-hydrogen) atoms. The van der Waals surface area contributed by atoms with Crippen LogP contribution in [0.2, 0.25) is 0 Å². The van der Waals surface area contributed by atoms with E-state index >= 15 is 0 Å². The molecule has 0 amide bonds. The van der Waals surface area contributed by atoms with Gasteiger partial charge in [-0.2, -0.15) is 11.8 Å². The summed E-state index contributed by atoms with van der Waals surface area (Å²) >= 11 is 2.35. The zero-order valence-corrected chi connectivity index (χ0v) is 17.3. The highest BCUT2D eigenvalue weighted by Crippen LogP contribution is 2.49. The first-order valence-electron chi connectivity index (χ1n) is 10.7. The number of rotatable bonds is 8. The van der Waals surface area contributed by atoms with Crippen LogP contribution in [0.5, 0.6) is 0 Å². The Morgan fingerprint density at radius 3 is 2.22 bits per heavy atom. The van der Waals surface area contributed by atoms with E-state index in [2.05, 4.69) is 46.4 Å². The van der Waals surface area contributed by atoms with E-state index in [4.69, 9.17) is 0 Å². The molecule has 0 nitrogen and oxygen atoms in total. The molecule has 0 aromatic rings. The van der Waals surface area contributed by atoms with Crippen molar-refractivity contribution in [2.24, 2.45) is 29.6 Å². The molecule has 1 saturated carbocycles. The molecule has 136 valence electrons. The van der Waals surface area contributed by atoms with Crippen molar-refractivity contribution in [3.8, 4) is 0 Å². The molecule has 0 spiro atoms. The fourth-order valence-electron chi connectivity index (χ4n) is 5.44. The van der Waals surface area contributed by atoms with Gasteiger partial charge in [-0.05, 0) is 61.7 Å². The molecule has 2 fully saturated rings. The molecule has 1 heteroatoms. The van der Waals surface area contributed by atoms with Gasteiger partial charge in [-0.3, -0.25) is 0 Å². The summed E-state index contributed by atoms with van der Waals surface area (Å²) in [7, 11) is 0. The van der Waals surface area contributed by atoms with Crippen molar-refractivity contribution in [2.45, 2.75) is 109 Å². The van der Waals surface area contributed by atoms with Gasteiger partial charge in [-0.15, -0.1) is 0 Å². The summed E-state index contributed by atoms with van der Waals surface area (Å²) in [6.45, 7) is 12.2. The third-order valence-corrected chi connectivity index (χ3v) is 8.62. The van der Waals surface area contributed by atoms with Crippen molar-refractivity contribution in [1.29, 1.82) is 0 Å². The highest BCUT2D eigenvalue weighted by molar-refractivity contribution is 8.00. The minimum Gasteiger partial charge on any atom is -0.155 e. The zero-order valence-electron chi connectivity index (χ0n) is 16.5. The van der Waals surface area contributed by atoms with Crippen molar-refractivity contribution in [3.63, 3.8) is 0 Å². The zero-order chi connectivity index (χ0) is 16.8. The van der Waals surface area contributed by atoms with Crippen molar-refractivity contribution >= 4 is 11.8 Å². The summed E-state index contributed by atoms with van der Waals surface area (Å²) in [5.41, 5.74) is 0. The fourth-order valence-corrected chi connectivity index (χ4v) is 7.25. The summed E-state index contributed by atoms with van der Waals surface area (Å²) in [6, 6.07) is 0. The third kappa shape index (κ3) is 5.41. The summed E-state index contributed by atoms with van der Waals surface area (Å²) in [6.07, 6.45) is 14.6. The fraction of sp³-hybridized carbons (Fsp3) is 1.00. The molecule has 2 aliphatic rings. The van der Waals surface area contributed by atoms with Crippen LogP contribution in [0.25, 0.3) is 0 Å². The van der Waals surface area contributed by atoms with Gasteiger partial charge in [-0.1, -0.05) is 66.7 Å². The number of thioether (sulfide) groups is 1. The van der Waals surface area contributed by atoms with E-state index in [1.165, 1.54) is 51.4 Å². The Balaban J connectivity index is 1.87. The van der Waals surface area contributed by atoms with Crippen LogP contribution in [0, 0.1) is 29.6 Å². The van der Waals surface area contributed by atoms with Gasteiger partial charge in [-0.25, -0.2) is 0 Å². The average Bonchev–Trinajstić information content (AvgIpc) is 2.69. The van der Waals surface area contributed by atoms with Crippen LogP contribution >= 0.6 is 11.8 Å². The summed E-state index contributed by atoms with van der Waals surface area (Å²) < 4.78 is 0. The first-order chi connectivity index (χ1) is 11.1. The monoisotopic (exact) mass is 338 g/mol. The van der Waals surface area contributed by atoms with Crippen molar-refractivity contribution < 1.29 is 0 Å². The summed E-state index contributed by atoms with van der Waals surface area (Å²) in [4.78, 5) is 0. The molecule has 0 aromatic heterocycles. The van der Waals surface area contributed by atoms with E-state index in [0.29, 0.717) is 0 Å². The quantitative estimate of drug-likeness (QED) is 0.440. The van der Waals surface area contributed by atoms with Crippen LogP contribution in [0.1, 0.15) is 98.8 Å². The minimum atomic E-state index is 0.889. The Hall–Kier alpha value is 0.350. The molecule has 0 bridgehead atoms. The molecule has 0 radical (unpaired) electrons. The number of hydrogen-bond donors (Lipinski definition) is 0. The number of hydrogen-bond acceptors (Lipinski definition) is 1. The molecule has 7 atom stereocenters. The molecule has 6 unspecified atom stereocenters. The van der Waals surface area contributed by atoms with E-state index in [1.807, 2.05) is 0 Å². The normalized spacial score (nSPS) is 41.3. The topological polar surface area (TPSA) is 0 Å². The minimum absolute atomic E-state index is 0.889. The lowest BCUT2D eigenvalue weighted by Gasteiger charge is -2.45. The maximum Gasteiger partial charge on any atom is 0.00780 e. The van der Waals surface area contributed by atoms with Gasteiger partial charge in [0.2, 0.25) is 0 Å². The molecule has 0 N–H and O–H groups in total. The van der Waals surface area contributed by atoms with Crippen LogP contribution in [0.15, 0.2) is 0 Å². The average molecular weight is 339 g/mol. The molecule has 1 heterocycles. The summed E-state index contributed by atoms with van der Waals surface area (Å²) in [5.74, 6) is 5.13. The Kier molecular flexibility index (Phi) is 8.33. The van der Waals surface area contributed by atoms with Crippen molar-refractivity contribution in [3.05, 3.63) is 0 Å². The van der Waals surface area contributed by atoms with E-state index in [9.17, 15) is 0 Å². The molecular weight excluding hydrogens is 296 g/mol. The Morgan fingerprint density at radius 1 is 0.826 bits per heavy atom. The molecule has 1 aliphatic carbocycles. The van der Waals surface area contributed by atoms with Crippen LogP contribution in [-0.2, 0) is 0 Å². The highest BCUT2D eigenvalue weighted by atomic mass is 32.2. The predicted octanol–water partition coefficient (Wildman–Crippen LogP) is 7.57. The van der Waals surface area contributed by atoms with Crippen LogP contribution < -0.4 is 0 Å². The second kappa shape index (κ2) is 9.73. The van der Waals surface area contributed by atoms with Crippen molar-refractivity contribution in [2.75, 3.05) is 0 Å². The van der Waals surface area contributed by atoms with Crippen LogP contribution in [-0.4, -0.2) is 10.5 Å². The maximum atomic E-state index is 2.55. The molecule has 0 aromatic carbocycles. The standard InChI is InChI=1S/C22H42S/c1-6-9-11-22-19(8-3)13-18(12-16(4)23-22)14-21-15-20(10-7-2)17(21)5/h16-22H,6-15H2,1-5H3/t16?,17?,18?,19?,20-,21?,22?/m1/s1. The smallest absolute Gasteiger partial charge is 0.00780 e. The molecular formula is C22H42S. The highest BCUT2D eigenvalue weighted by Gasteiger charge is 2.39. The van der Waals surface area contributed by atoms with Gasteiger partial charge in [0, 0.05) is 10.5 Å². The SMILES string of the molecule is CCCCC1SC(C)CC(CC2C[C@@H](CCC)C2C)CC1CC. The molecule has 1 saturated heterocycles. The second-order valence-corrected chi connectivity index (χ2v) is 10.5. The third-order valence-electron chi connectivity index (χ3n) is 6.99. The van der Waals surface area contributed by atoms with Crippen LogP contribution in [0.3, 0.4) is 0 Å². The Bertz CT molecular complexity index is 326.